The summed E-state index contributed by atoms with van der Waals surface area (Å²) in [5.41, 5.74) is 4.26. The van der Waals surface area contributed by atoms with Gasteiger partial charge in [-0.25, -0.2) is 9.67 Å². The monoisotopic (exact) mass is 430 g/mol. The molecule has 1 saturated heterocycles. The van der Waals surface area contributed by atoms with Gasteiger partial charge in [0.1, 0.15) is 0 Å². The van der Waals surface area contributed by atoms with Crippen molar-refractivity contribution < 1.29 is 4.79 Å². The van der Waals surface area contributed by atoms with Gasteiger partial charge in [-0.1, -0.05) is 26.0 Å². The van der Waals surface area contributed by atoms with E-state index >= 15 is 0 Å². The minimum absolute atomic E-state index is 0.0561. The lowest BCUT2D eigenvalue weighted by atomic mass is 10.0. The summed E-state index contributed by atoms with van der Waals surface area (Å²) in [6.07, 6.45) is 1.78. The van der Waals surface area contributed by atoms with Crippen LogP contribution in [-0.2, 0) is 6.54 Å². The molecule has 1 aromatic carbocycles. The summed E-state index contributed by atoms with van der Waals surface area (Å²) in [6, 6.07) is 12.0. The molecule has 2 aromatic heterocycles. The first-order valence-corrected chi connectivity index (χ1v) is 11.3. The second kappa shape index (κ2) is 9.09. The number of nitrogens with zero attached hydrogens (tertiary/aromatic N) is 6. The molecule has 0 saturated carbocycles. The molecule has 0 atom stereocenters. The Labute approximate surface area is 189 Å². The third-order valence-electron chi connectivity index (χ3n) is 6.05. The number of nitriles is 1. The van der Waals surface area contributed by atoms with Crippen molar-refractivity contribution in [3.63, 3.8) is 0 Å². The average molecular weight is 431 g/mol. The van der Waals surface area contributed by atoms with Crippen molar-refractivity contribution in [1.29, 1.82) is 5.26 Å². The van der Waals surface area contributed by atoms with E-state index in [-0.39, 0.29) is 17.9 Å². The Morgan fingerprint density at radius 2 is 1.78 bits per heavy atom. The largest absolute Gasteiger partial charge is 0.336 e. The van der Waals surface area contributed by atoms with E-state index in [0.29, 0.717) is 24.2 Å². The van der Waals surface area contributed by atoms with E-state index in [2.05, 4.69) is 43.8 Å². The van der Waals surface area contributed by atoms with E-state index in [1.165, 1.54) is 5.56 Å². The van der Waals surface area contributed by atoms with E-state index in [0.717, 1.165) is 36.4 Å². The molecule has 32 heavy (non-hydrogen) atoms. The summed E-state index contributed by atoms with van der Waals surface area (Å²) in [7, 11) is 0. The van der Waals surface area contributed by atoms with Crippen LogP contribution in [-0.4, -0.2) is 56.7 Å². The Kier molecular flexibility index (Phi) is 6.24. The zero-order valence-corrected chi connectivity index (χ0v) is 19.2. The fourth-order valence-corrected chi connectivity index (χ4v) is 4.11. The Hall–Kier alpha value is -3.24. The van der Waals surface area contributed by atoms with E-state index in [1.807, 2.05) is 39.9 Å². The van der Waals surface area contributed by atoms with E-state index in [1.54, 1.807) is 6.20 Å². The highest BCUT2D eigenvalue weighted by atomic mass is 16.2. The second-order valence-corrected chi connectivity index (χ2v) is 9.05. The first-order chi connectivity index (χ1) is 15.4. The number of hydrogen-bond acceptors (Lipinski definition) is 5. The first kappa shape index (κ1) is 22.0. The predicted octanol–water partition coefficient (Wildman–Crippen LogP) is 3.97. The van der Waals surface area contributed by atoms with Gasteiger partial charge < -0.3 is 4.90 Å². The number of fused-ring (bicyclic) bond motifs is 1. The first-order valence-electron chi connectivity index (χ1n) is 11.3. The predicted molar refractivity (Wildman–Crippen MR) is 124 cm³/mol. The number of rotatable bonds is 5. The van der Waals surface area contributed by atoms with Crippen LogP contribution >= 0.6 is 0 Å². The third-order valence-corrected chi connectivity index (χ3v) is 6.05. The van der Waals surface area contributed by atoms with Crippen LogP contribution in [0, 0.1) is 11.3 Å². The number of pyridine rings is 1. The molecule has 0 aliphatic carbocycles. The van der Waals surface area contributed by atoms with E-state index in [4.69, 9.17) is 10.2 Å². The minimum Gasteiger partial charge on any atom is -0.336 e. The molecule has 4 rings (SSSR count). The maximum absolute atomic E-state index is 13.5. The fourth-order valence-electron chi connectivity index (χ4n) is 4.11. The van der Waals surface area contributed by atoms with Crippen molar-refractivity contribution in [2.24, 2.45) is 0 Å². The zero-order valence-electron chi connectivity index (χ0n) is 19.2. The highest BCUT2D eigenvalue weighted by Crippen LogP contribution is 2.26. The molecule has 166 valence electrons. The minimum atomic E-state index is 0.0561. The molecule has 1 amide bonds. The molecule has 3 aromatic rings. The molecular weight excluding hydrogens is 400 g/mol. The highest BCUT2D eigenvalue weighted by molar-refractivity contribution is 6.05. The topological polar surface area (TPSA) is 78.0 Å². The van der Waals surface area contributed by atoms with Crippen LogP contribution in [0.4, 0.5) is 0 Å². The summed E-state index contributed by atoms with van der Waals surface area (Å²) in [6.45, 7) is 12.2. The van der Waals surface area contributed by atoms with Gasteiger partial charge in [0, 0.05) is 44.5 Å². The molecule has 7 heteroatoms. The summed E-state index contributed by atoms with van der Waals surface area (Å²) >= 11 is 0. The summed E-state index contributed by atoms with van der Waals surface area (Å²) in [5.74, 6) is 0.284. The number of aromatic nitrogens is 3. The molecule has 0 spiro atoms. The second-order valence-electron chi connectivity index (χ2n) is 9.05. The van der Waals surface area contributed by atoms with Crippen molar-refractivity contribution in [1.82, 2.24) is 24.6 Å². The number of hydrogen-bond donors (Lipinski definition) is 0. The van der Waals surface area contributed by atoms with Gasteiger partial charge >= 0.3 is 0 Å². The lowest BCUT2D eigenvalue weighted by molar-refractivity contribution is 0.0630. The van der Waals surface area contributed by atoms with Gasteiger partial charge in [-0.15, -0.1) is 0 Å². The van der Waals surface area contributed by atoms with Gasteiger partial charge in [-0.3, -0.25) is 9.69 Å². The highest BCUT2D eigenvalue weighted by Gasteiger charge is 2.26. The van der Waals surface area contributed by atoms with Crippen LogP contribution in [0.15, 0.2) is 36.5 Å². The zero-order chi connectivity index (χ0) is 22.8. The van der Waals surface area contributed by atoms with Crippen LogP contribution in [0.1, 0.15) is 66.8 Å². The number of piperazine rings is 1. The van der Waals surface area contributed by atoms with Crippen LogP contribution in [0.5, 0.6) is 0 Å². The fraction of sp³-hybridized carbons (Fsp3) is 0.440. The number of carbonyl (C=O) groups excluding carboxylic acids is 1. The van der Waals surface area contributed by atoms with Crippen molar-refractivity contribution in [2.45, 2.75) is 46.2 Å². The van der Waals surface area contributed by atoms with Gasteiger partial charge in [0.25, 0.3) is 5.91 Å². The Balaban J connectivity index is 1.51. The van der Waals surface area contributed by atoms with E-state index in [9.17, 15) is 4.79 Å². The van der Waals surface area contributed by atoms with Gasteiger partial charge in [-0.2, -0.15) is 10.4 Å². The van der Waals surface area contributed by atoms with Crippen LogP contribution in [0.25, 0.3) is 11.0 Å². The average Bonchev–Trinajstić information content (AvgIpc) is 3.23. The lowest BCUT2D eigenvalue weighted by Gasteiger charge is -2.35. The molecule has 7 nitrogen and oxygen atoms in total. The molecule has 0 unspecified atom stereocenters. The Bertz CT molecular complexity index is 1150. The normalized spacial score (nSPS) is 15.0. The Morgan fingerprint density at radius 1 is 1.09 bits per heavy atom. The molecule has 1 fully saturated rings. The van der Waals surface area contributed by atoms with Gasteiger partial charge in [-0.05, 0) is 43.5 Å². The van der Waals surface area contributed by atoms with Gasteiger partial charge in [0.2, 0.25) is 0 Å². The van der Waals surface area contributed by atoms with Crippen molar-refractivity contribution in [3.8, 4) is 6.07 Å². The summed E-state index contributed by atoms with van der Waals surface area (Å²) < 4.78 is 1.90. The summed E-state index contributed by atoms with van der Waals surface area (Å²) in [4.78, 5) is 22.6. The van der Waals surface area contributed by atoms with E-state index < -0.39 is 0 Å². The smallest absolute Gasteiger partial charge is 0.254 e. The van der Waals surface area contributed by atoms with Crippen molar-refractivity contribution in [2.75, 3.05) is 26.2 Å². The van der Waals surface area contributed by atoms with Crippen LogP contribution in [0.3, 0.4) is 0 Å². The maximum atomic E-state index is 13.5. The molecular formula is C25H30N6O. The molecule has 0 bridgehead atoms. The van der Waals surface area contributed by atoms with Gasteiger partial charge in [0.15, 0.2) is 5.65 Å². The van der Waals surface area contributed by atoms with Crippen LogP contribution in [0.2, 0.25) is 0 Å². The molecule has 0 radical (unpaired) electrons. The molecule has 3 heterocycles. The van der Waals surface area contributed by atoms with Crippen molar-refractivity contribution in [3.05, 3.63) is 58.9 Å². The SMILES string of the molecule is CC(C)c1cc(C(=O)N2CCN(Cc3ccc(C#N)cc3)CC2)c2cnn(C(C)C)c2n1. The van der Waals surface area contributed by atoms with Crippen molar-refractivity contribution >= 4 is 16.9 Å². The maximum Gasteiger partial charge on any atom is 0.254 e. The molecule has 1 aliphatic heterocycles. The van der Waals surface area contributed by atoms with Crippen LogP contribution < -0.4 is 0 Å². The Morgan fingerprint density at radius 3 is 2.38 bits per heavy atom. The standard InChI is InChI=1S/C25H30N6O/c1-17(2)23-13-21(22-15-27-31(18(3)4)24(22)28-23)25(32)30-11-9-29(10-12-30)16-20-7-5-19(14-26)6-8-20/h5-8,13,15,17-18H,9-12,16H2,1-4H3. The third kappa shape index (κ3) is 4.37. The molecule has 0 N–H and O–H groups in total. The van der Waals surface area contributed by atoms with Gasteiger partial charge in [0.05, 0.1) is 28.8 Å². The quantitative estimate of drug-likeness (QED) is 0.612. The summed E-state index contributed by atoms with van der Waals surface area (Å²) in [5, 5.41) is 14.3. The number of amides is 1. The number of benzene rings is 1. The number of carbonyl (C=O) groups is 1. The lowest BCUT2D eigenvalue weighted by Crippen LogP contribution is -2.48. The molecule has 1 aliphatic rings.